The molecule has 0 saturated heterocycles. The lowest BCUT2D eigenvalue weighted by atomic mass is 9.66. The Hall–Kier alpha value is -6.44. The van der Waals surface area contributed by atoms with E-state index in [4.69, 9.17) is 0 Å². The fraction of sp³-hybridized carbons (Fsp3) is 0.158. The van der Waals surface area contributed by atoms with Crippen molar-refractivity contribution in [2.45, 2.75) is 43.4 Å². The van der Waals surface area contributed by atoms with Crippen LogP contribution in [0.2, 0.25) is 0 Å². The Morgan fingerprint density at radius 3 is 1.78 bits per heavy atom. The molecule has 1 nitrogen and oxygen atoms in total. The van der Waals surface area contributed by atoms with E-state index < -0.39 is 0 Å². The molecule has 2 fully saturated rings. The monoisotopic (exact) mass is 743 g/mol. The summed E-state index contributed by atoms with van der Waals surface area (Å²) in [7, 11) is 0. The van der Waals surface area contributed by atoms with Gasteiger partial charge in [0.2, 0.25) is 0 Å². The second-order valence-electron chi connectivity index (χ2n) is 17.3. The first-order valence-corrected chi connectivity index (χ1v) is 21.2. The van der Waals surface area contributed by atoms with Crippen LogP contribution < -0.4 is 4.90 Å². The summed E-state index contributed by atoms with van der Waals surface area (Å²) < 4.78 is 0. The van der Waals surface area contributed by atoms with E-state index in [1.807, 2.05) is 0 Å². The molecule has 4 unspecified atom stereocenters. The third-order valence-corrected chi connectivity index (χ3v) is 14.6. The van der Waals surface area contributed by atoms with Crippen LogP contribution in [0.4, 0.5) is 17.1 Å². The average molecular weight is 744 g/mol. The Kier molecular flexibility index (Phi) is 7.42. The highest BCUT2D eigenvalue weighted by Crippen LogP contribution is 2.67. The molecule has 0 radical (unpaired) electrons. The molecule has 278 valence electrons. The highest BCUT2D eigenvalue weighted by molar-refractivity contribution is 6.00. The molecule has 58 heavy (non-hydrogen) atoms. The van der Waals surface area contributed by atoms with Crippen molar-refractivity contribution in [3.8, 4) is 44.5 Å². The molecule has 2 bridgehead atoms. The predicted octanol–water partition coefficient (Wildman–Crippen LogP) is 14.9. The molecule has 4 aliphatic rings. The fourth-order valence-corrected chi connectivity index (χ4v) is 12.2. The second-order valence-corrected chi connectivity index (χ2v) is 17.3. The molecular formula is C57H45N. The first-order chi connectivity index (χ1) is 28.6. The number of rotatable bonds is 6. The second kappa shape index (κ2) is 12.8. The molecular weight excluding hydrogens is 699 g/mol. The van der Waals surface area contributed by atoms with Crippen molar-refractivity contribution in [1.29, 1.82) is 0 Å². The average Bonchev–Trinajstić information content (AvgIpc) is 4.05. The van der Waals surface area contributed by atoms with E-state index in [1.165, 1.54) is 92.6 Å². The Balaban J connectivity index is 1.12. The number of hydrogen-bond donors (Lipinski definition) is 0. The van der Waals surface area contributed by atoms with E-state index in [9.17, 15) is 0 Å². The van der Waals surface area contributed by atoms with E-state index >= 15 is 0 Å². The van der Waals surface area contributed by atoms with Crippen LogP contribution in [0.3, 0.4) is 0 Å². The highest BCUT2D eigenvalue weighted by Gasteiger charge is 2.57. The summed E-state index contributed by atoms with van der Waals surface area (Å²) in [5, 5.41) is 0. The molecule has 8 aromatic carbocycles. The SMILES string of the molecule is CC1(c2ccccc2)c2ccccc2-c2ccc(N(c3ccccc3-c3ccccc3)c3ccccc3-c3cccc4c3-c3ccccc3C43CC4CCC3C4)cc21. The van der Waals surface area contributed by atoms with Gasteiger partial charge in [-0.2, -0.15) is 0 Å². The van der Waals surface area contributed by atoms with E-state index in [-0.39, 0.29) is 10.8 Å². The minimum atomic E-state index is -0.313. The van der Waals surface area contributed by atoms with E-state index in [0.29, 0.717) is 5.92 Å². The van der Waals surface area contributed by atoms with Crippen LogP contribution in [0, 0.1) is 11.8 Å². The van der Waals surface area contributed by atoms with Crippen molar-refractivity contribution in [1.82, 2.24) is 0 Å². The maximum atomic E-state index is 2.56. The quantitative estimate of drug-likeness (QED) is 0.164. The smallest absolute Gasteiger partial charge is 0.0540 e. The molecule has 1 spiro atoms. The number of nitrogens with zero attached hydrogens (tertiary/aromatic N) is 1. The van der Waals surface area contributed by atoms with Gasteiger partial charge in [0.15, 0.2) is 0 Å². The number of benzene rings is 8. The van der Waals surface area contributed by atoms with Crippen LogP contribution in [-0.2, 0) is 10.8 Å². The number of hydrogen-bond acceptors (Lipinski definition) is 1. The largest absolute Gasteiger partial charge is 0.309 e. The summed E-state index contributed by atoms with van der Waals surface area (Å²) >= 11 is 0. The molecule has 2 saturated carbocycles. The zero-order chi connectivity index (χ0) is 38.4. The van der Waals surface area contributed by atoms with Crippen LogP contribution in [-0.4, -0.2) is 0 Å². The lowest BCUT2D eigenvalue weighted by Gasteiger charge is -2.36. The molecule has 4 atom stereocenters. The molecule has 0 aliphatic heterocycles. The normalized spacial score (nSPS) is 21.7. The summed E-state index contributed by atoms with van der Waals surface area (Å²) in [5.74, 6) is 1.55. The van der Waals surface area contributed by atoms with Crippen molar-refractivity contribution in [3.05, 3.63) is 222 Å². The minimum Gasteiger partial charge on any atom is -0.309 e. The summed E-state index contributed by atoms with van der Waals surface area (Å²) in [6.07, 6.45) is 5.37. The predicted molar refractivity (Wildman–Crippen MR) is 241 cm³/mol. The third-order valence-electron chi connectivity index (χ3n) is 14.6. The Bertz CT molecular complexity index is 2890. The minimum absolute atomic E-state index is 0.121. The molecule has 1 heteroatoms. The molecule has 0 N–H and O–H groups in total. The van der Waals surface area contributed by atoms with Crippen molar-refractivity contribution in [2.24, 2.45) is 11.8 Å². The Morgan fingerprint density at radius 2 is 1.03 bits per heavy atom. The Morgan fingerprint density at radius 1 is 0.448 bits per heavy atom. The summed E-state index contributed by atoms with van der Waals surface area (Å²) in [6.45, 7) is 2.42. The molecule has 0 amide bonds. The number of anilines is 3. The first-order valence-electron chi connectivity index (χ1n) is 21.2. The number of para-hydroxylation sites is 2. The molecule has 8 aromatic rings. The van der Waals surface area contributed by atoms with Gasteiger partial charge in [-0.15, -0.1) is 0 Å². The van der Waals surface area contributed by atoms with Crippen LogP contribution >= 0.6 is 0 Å². The molecule has 0 aromatic heterocycles. The van der Waals surface area contributed by atoms with Gasteiger partial charge in [0, 0.05) is 27.6 Å². The van der Waals surface area contributed by atoms with Crippen molar-refractivity contribution in [3.63, 3.8) is 0 Å². The van der Waals surface area contributed by atoms with Gasteiger partial charge < -0.3 is 4.90 Å². The Labute approximate surface area is 342 Å². The van der Waals surface area contributed by atoms with Gasteiger partial charge in [-0.1, -0.05) is 176 Å². The van der Waals surface area contributed by atoms with Crippen molar-refractivity contribution >= 4 is 17.1 Å². The first kappa shape index (κ1) is 33.7. The molecule has 0 heterocycles. The molecule has 4 aliphatic carbocycles. The van der Waals surface area contributed by atoms with Crippen LogP contribution in [0.1, 0.15) is 60.4 Å². The van der Waals surface area contributed by atoms with Gasteiger partial charge in [-0.25, -0.2) is 0 Å². The van der Waals surface area contributed by atoms with Crippen LogP contribution in [0.25, 0.3) is 44.5 Å². The van der Waals surface area contributed by atoms with Crippen LogP contribution in [0.5, 0.6) is 0 Å². The maximum absolute atomic E-state index is 2.56. The topological polar surface area (TPSA) is 3.24 Å². The van der Waals surface area contributed by atoms with E-state index in [0.717, 1.165) is 17.3 Å². The van der Waals surface area contributed by atoms with Crippen LogP contribution in [0.15, 0.2) is 194 Å². The summed E-state index contributed by atoms with van der Waals surface area (Å²) in [5.41, 5.74) is 20.9. The van der Waals surface area contributed by atoms with Gasteiger partial charge >= 0.3 is 0 Å². The van der Waals surface area contributed by atoms with Gasteiger partial charge in [0.05, 0.1) is 11.4 Å². The number of fused-ring (bicyclic) bond motifs is 11. The highest BCUT2D eigenvalue weighted by atomic mass is 15.1. The van der Waals surface area contributed by atoms with E-state index in [1.54, 1.807) is 11.1 Å². The standard InChI is InChI=1S/C57H45N/c1-56(40-19-6-3-7-20-40)49-26-12-8-22-44(49)45-34-33-42(36-52(45)56)58(53-29-14-10-21-43(53)39-17-4-2-5-18-39)54-30-15-11-23-46(54)47-25-16-28-51-55(47)48-24-9-13-27-50(48)57(51)37-38-31-32-41(57)35-38/h2-30,33-34,36,38,41H,31-32,35,37H2,1H3. The summed E-state index contributed by atoms with van der Waals surface area (Å²) in [4.78, 5) is 2.56. The lowest BCUT2D eigenvalue weighted by Crippen LogP contribution is -2.31. The fourth-order valence-electron chi connectivity index (χ4n) is 12.2. The van der Waals surface area contributed by atoms with E-state index in [2.05, 4.69) is 206 Å². The maximum Gasteiger partial charge on any atom is 0.0540 e. The summed E-state index contributed by atoms with van der Waals surface area (Å²) in [6, 6.07) is 73.0. The third kappa shape index (κ3) is 4.65. The van der Waals surface area contributed by atoms with Gasteiger partial charge in [-0.05, 0) is 123 Å². The van der Waals surface area contributed by atoms with Gasteiger partial charge in [0.1, 0.15) is 0 Å². The van der Waals surface area contributed by atoms with Gasteiger partial charge in [0.25, 0.3) is 0 Å². The van der Waals surface area contributed by atoms with Crippen molar-refractivity contribution < 1.29 is 0 Å². The zero-order valence-electron chi connectivity index (χ0n) is 32.9. The zero-order valence-corrected chi connectivity index (χ0v) is 32.9. The van der Waals surface area contributed by atoms with Gasteiger partial charge in [-0.3, -0.25) is 0 Å². The lowest BCUT2D eigenvalue weighted by molar-refractivity contribution is 0.327. The van der Waals surface area contributed by atoms with Crippen molar-refractivity contribution in [2.75, 3.05) is 4.90 Å². The molecule has 12 rings (SSSR count).